The molecule has 0 saturated heterocycles. The number of aromatic nitrogens is 2. The monoisotopic (exact) mass is 492 g/mol. The Hall–Kier alpha value is -4.14. The number of amides is 2. The normalized spacial score (nSPS) is 10.5. The predicted octanol–water partition coefficient (Wildman–Crippen LogP) is 3.80. The van der Waals surface area contributed by atoms with Crippen LogP contribution in [0.4, 0.5) is 9.59 Å². The number of aromatic amines is 1. The van der Waals surface area contributed by atoms with Crippen LogP contribution in [0.3, 0.4) is 0 Å². The second-order valence-electron chi connectivity index (χ2n) is 8.26. The number of carbonyl (C=O) groups is 2. The average Bonchev–Trinajstić information content (AvgIpc) is 2.90. The SMILES string of the molecule is Cc1nc(CCCNC(=O)OCc2ccccc2)c(=O)[nH]c1CCCNC(=O)OCc1ccccc1. The largest absolute Gasteiger partial charge is 0.445 e. The van der Waals surface area contributed by atoms with E-state index in [9.17, 15) is 14.4 Å². The summed E-state index contributed by atoms with van der Waals surface area (Å²) in [7, 11) is 0. The van der Waals surface area contributed by atoms with Crippen molar-refractivity contribution in [3.05, 3.63) is 99.2 Å². The van der Waals surface area contributed by atoms with Crippen molar-refractivity contribution in [2.75, 3.05) is 13.1 Å². The lowest BCUT2D eigenvalue weighted by Gasteiger charge is -2.10. The minimum atomic E-state index is -0.496. The molecular weight excluding hydrogens is 460 g/mol. The van der Waals surface area contributed by atoms with Crippen LogP contribution in [-0.2, 0) is 35.5 Å². The zero-order valence-corrected chi connectivity index (χ0v) is 20.4. The summed E-state index contributed by atoms with van der Waals surface area (Å²) in [5, 5.41) is 5.40. The fourth-order valence-electron chi connectivity index (χ4n) is 3.48. The maximum Gasteiger partial charge on any atom is 0.407 e. The highest BCUT2D eigenvalue weighted by Gasteiger charge is 2.09. The van der Waals surface area contributed by atoms with Crippen LogP contribution in [0.2, 0.25) is 0 Å². The summed E-state index contributed by atoms with van der Waals surface area (Å²) >= 11 is 0. The van der Waals surface area contributed by atoms with Crippen LogP contribution in [0, 0.1) is 6.92 Å². The van der Waals surface area contributed by atoms with E-state index in [2.05, 4.69) is 20.6 Å². The number of alkyl carbamates (subject to hydrolysis) is 2. The second-order valence-corrected chi connectivity index (χ2v) is 8.26. The standard InChI is InChI=1S/C27H32N4O5/c1-20-23(14-8-16-28-26(33)35-18-21-10-4-2-5-11-21)31-25(32)24(30-20)15-9-17-29-27(34)36-19-22-12-6-3-7-13-22/h2-7,10-13H,8-9,14-19H2,1H3,(H,28,33)(H,29,34)(H,31,32). The van der Waals surface area contributed by atoms with Gasteiger partial charge in [0, 0.05) is 18.8 Å². The first-order valence-corrected chi connectivity index (χ1v) is 12.0. The van der Waals surface area contributed by atoms with Gasteiger partial charge in [0.2, 0.25) is 0 Å². The van der Waals surface area contributed by atoms with E-state index in [0.29, 0.717) is 44.5 Å². The van der Waals surface area contributed by atoms with Gasteiger partial charge in [0.1, 0.15) is 18.9 Å². The molecule has 3 N–H and O–H groups in total. The Balaban J connectivity index is 1.32. The van der Waals surface area contributed by atoms with E-state index in [1.54, 1.807) is 0 Å². The molecule has 1 heterocycles. The number of hydrogen-bond donors (Lipinski definition) is 3. The highest BCUT2D eigenvalue weighted by Crippen LogP contribution is 2.05. The van der Waals surface area contributed by atoms with E-state index in [1.165, 1.54) is 0 Å². The molecule has 0 unspecified atom stereocenters. The van der Waals surface area contributed by atoms with Gasteiger partial charge in [-0.1, -0.05) is 60.7 Å². The Morgan fingerprint density at radius 2 is 1.31 bits per heavy atom. The van der Waals surface area contributed by atoms with Crippen molar-refractivity contribution in [1.29, 1.82) is 0 Å². The Morgan fingerprint density at radius 3 is 1.83 bits per heavy atom. The highest BCUT2D eigenvalue weighted by molar-refractivity contribution is 5.67. The van der Waals surface area contributed by atoms with Crippen molar-refractivity contribution < 1.29 is 19.1 Å². The summed E-state index contributed by atoms with van der Waals surface area (Å²) < 4.78 is 10.3. The summed E-state index contributed by atoms with van der Waals surface area (Å²) in [6.07, 6.45) is 1.23. The molecule has 3 rings (SSSR count). The minimum Gasteiger partial charge on any atom is -0.445 e. The van der Waals surface area contributed by atoms with Gasteiger partial charge in [-0.25, -0.2) is 9.59 Å². The minimum absolute atomic E-state index is 0.207. The quantitative estimate of drug-likeness (QED) is 0.331. The summed E-state index contributed by atoms with van der Waals surface area (Å²) in [6, 6.07) is 18.9. The van der Waals surface area contributed by atoms with Crippen LogP contribution >= 0.6 is 0 Å². The van der Waals surface area contributed by atoms with Crippen LogP contribution in [0.5, 0.6) is 0 Å². The molecule has 0 saturated carbocycles. The zero-order chi connectivity index (χ0) is 25.6. The maximum absolute atomic E-state index is 12.4. The Morgan fingerprint density at radius 1 is 0.806 bits per heavy atom. The van der Waals surface area contributed by atoms with Gasteiger partial charge in [0.25, 0.3) is 5.56 Å². The molecule has 0 bridgehead atoms. The Kier molecular flexibility index (Phi) is 10.5. The number of H-pyrrole nitrogens is 1. The predicted molar refractivity (Wildman–Crippen MR) is 135 cm³/mol. The molecule has 0 fully saturated rings. The van der Waals surface area contributed by atoms with Crippen LogP contribution in [0.25, 0.3) is 0 Å². The van der Waals surface area contributed by atoms with Crippen molar-refractivity contribution in [1.82, 2.24) is 20.6 Å². The summed E-state index contributed by atoms with van der Waals surface area (Å²) in [5.41, 5.74) is 3.51. The van der Waals surface area contributed by atoms with E-state index < -0.39 is 12.2 Å². The van der Waals surface area contributed by atoms with E-state index in [4.69, 9.17) is 9.47 Å². The molecule has 0 atom stereocenters. The fraction of sp³-hybridized carbons (Fsp3) is 0.333. The van der Waals surface area contributed by atoms with Crippen LogP contribution in [0.15, 0.2) is 65.5 Å². The number of benzene rings is 2. The van der Waals surface area contributed by atoms with Crippen molar-refractivity contribution in [2.24, 2.45) is 0 Å². The van der Waals surface area contributed by atoms with E-state index >= 15 is 0 Å². The van der Waals surface area contributed by atoms with Gasteiger partial charge in [-0.3, -0.25) is 9.78 Å². The maximum atomic E-state index is 12.4. The number of rotatable bonds is 12. The molecule has 0 spiro atoms. The lowest BCUT2D eigenvalue weighted by molar-refractivity contribution is 0.138. The van der Waals surface area contributed by atoms with E-state index in [0.717, 1.165) is 22.5 Å². The number of hydrogen-bond acceptors (Lipinski definition) is 6. The first-order chi connectivity index (χ1) is 17.5. The summed E-state index contributed by atoms with van der Waals surface area (Å²) in [4.78, 5) is 43.4. The van der Waals surface area contributed by atoms with Gasteiger partial charge in [0.05, 0.1) is 5.69 Å². The molecule has 9 nitrogen and oxygen atoms in total. The van der Waals surface area contributed by atoms with Gasteiger partial charge in [-0.15, -0.1) is 0 Å². The van der Waals surface area contributed by atoms with Crippen LogP contribution < -0.4 is 16.2 Å². The lowest BCUT2D eigenvalue weighted by atomic mass is 10.1. The van der Waals surface area contributed by atoms with Crippen molar-refractivity contribution >= 4 is 12.2 Å². The Bertz CT molecular complexity index is 1170. The molecule has 3 aromatic rings. The molecule has 36 heavy (non-hydrogen) atoms. The van der Waals surface area contributed by atoms with Gasteiger partial charge in [-0.05, 0) is 43.7 Å². The molecule has 0 aliphatic rings. The fourth-order valence-corrected chi connectivity index (χ4v) is 3.48. The first kappa shape index (κ1) is 26.5. The third-order valence-electron chi connectivity index (χ3n) is 5.42. The summed E-state index contributed by atoms with van der Waals surface area (Å²) in [6.45, 7) is 3.06. The van der Waals surface area contributed by atoms with Gasteiger partial charge >= 0.3 is 12.2 Å². The molecular formula is C27H32N4O5. The molecule has 9 heteroatoms. The average molecular weight is 493 g/mol. The molecule has 2 amide bonds. The number of nitrogens with zero attached hydrogens (tertiary/aromatic N) is 1. The van der Waals surface area contributed by atoms with Gasteiger partial charge < -0.3 is 25.1 Å². The number of carbonyl (C=O) groups excluding carboxylic acids is 2. The van der Waals surface area contributed by atoms with Crippen molar-refractivity contribution in [3.8, 4) is 0 Å². The third-order valence-corrected chi connectivity index (χ3v) is 5.42. The number of nitrogens with one attached hydrogen (secondary N) is 3. The van der Waals surface area contributed by atoms with E-state index in [1.807, 2.05) is 67.6 Å². The molecule has 0 aliphatic heterocycles. The Labute approximate surface area is 210 Å². The van der Waals surface area contributed by atoms with Gasteiger partial charge in [0.15, 0.2) is 0 Å². The smallest absolute Gasteiger partial charge is 0.407 e. The van der Waals surface area contributed by atoms with Crippen LogP contribution in [0.1, 0.15) is 41.1 Å². The van der Waals surface area contributed by atoms with E-state index in [-0.39, 0.29) is 18.8 Å². The highest BCUT2D eigenvalue weighted by atomic mass is 16.6. The molecule has 2 aromatic carbocycles. The lowest BCUT2D eigenvalue weighted by Crippen LogP contribution is -2.27. The number of ether oxygens (including phenoxy) is 2. The van der Waals surface area contributed by atoms with Crippen molar-refractivity contribution in [2.45, 2.75) is 45.8 Å². The third kappa shape index (κ3) is 9.25. The molecule has 190 valence electrons. The molecule has 0 radical (unpaired) electrons. The molecule has 0 aliphatic carbocycles. The first-order valence-electron chi connectivity index (χ1n) is 12.0. The molecule has 1 aromatic heterocycles. The number of aryl methyl sites for hydroxylation is 3. The second kappa shape index (κ2) is 14.3. The van der Waals surface area contributed by atoms with Crippen LogP contribution in [-0.4, -0.2) is 35.2 Å². The summed E-state index contributed by atoms with van der Waals surface area (Å²) in [5.74, 6) is 0. The topological polar surface area (TPSA) is 122 Å². The zero-order valence-electron chi connectivity index (χ0n) is 20.4. The van der Waals surface area contributed by atoms with Crippen molar-refractivity contribution in [3.63, 3.8) is 0 Å². The van der Waals surface area contributed by atoms with Gasteiger partial charge in [-0.2, -0.15) is 0 Å².